The van der Waals surface area contributed by atoms with E-state index in [1.165, 1.54) is 17.5 Å². The van der Waals surface area contributed by atoms with Crippen molar-refractivity contribution in [3.05, 3.63) is 35.4 Å². The first-order valence-corrected chi connectivity index (χ1v) is 5.90. The van der Waals surface area contributed by atoms with Crippen LogP contribution in [-0.2, 0) is 11.2 Å². The van der Waals surface area contributed by atoms with Gasteiger partial charge in [0.2, 0.25) is 0 Å². The molecule has 0 aromatic heterocycles. The third-order valence-corrected chi connectivity index (χ3v) is 3.26. The molecule has 1 heteroatoms. The fourth-order valence-corrected chi connectivity index (χ4v) is 2.36. The maximum Gasteiger partial charge on any atom is 0.132 e. The van der Waals surface area contributed by atoms with Gasteiger partial charge in [-0.3, -0.25) is 4.79 Å². The fraction of sp³-hybridized carbons (Fsp3) is 0.500. The summed E-state index contributed by atoms with van der Waals surface area (Å²) in [7, 11) is 0. The Labute approximate surface area is 91.5 Å². The van der Waals surface area contributed by atoms with E-state index in [0.717, 1.165) is 25.7 Å². The van der Waals surface area contributed by atoms with Gasteiger partial charge in [-0.05, 0) is 36.3 Å². The fourth-order valence-electron chi connectivity index (χ4n) is 2.36. The van der Waals surface area contributed by atoms with Gasteiger partial charge in [-0.25, -0.2) is 0 Å². The van der Waals surface area contributed by atoms with Gasteiger partial charge in [0.15, 0.2) is 0 Å². The number of carbonyl (C=O) groups is 1. The predicted molar refractivity (Wildman–Crippen MR) is 62.0 cm³/mol. The van der Waals surface area contributed by atoms with Gasteiger partial charge in [0.25, 0.3) is 0 Å². The lowest BCUT2D eigenvalue weighted by molar-refractivity contribution is -0.119. The zero-order valence-corrected chi connectivity index (χ0v) is 9.33. The minimum absolute atomic E-state index is 0.432. The number of carbonyl (C=O) groups excluding carboxylic acids is 1. The molecule has 1 aliphatic rings. The van der Waals surface area contributed by atoms with Crippen LogP contribution in [0, 0.1) is 0 Å². The molecular formula is C14H18O. The van der Waals surface area contributed by atoms with Gasteiger partial charge >= 0.3 is 0 Å². The van der Waals surface area contributed by atoms with Crippen molar-refractivity contribution in [1.82, 2.24) is 0 Å². The Balaban J connectivity index is 1.82. The van der Waals surface area contributed by atoms with E-state index in [0.29, 0.717) is 11.7 Å². The highest BCUT2D eigenvalue weighted by Crippen LogP contribution is 2.37. The summed E-state index contributed by atoms with van der Waals surface area (Å²) in [5.41, 5.74) is 2.95. The molecule has 0 spiro atoms. The van der Waals surface area contributed by atoms with Gasteiger partial charge in [-0.15, -0.1) is 0 Å². The maximum absolute atomic E-state index is 11.4. The average molecular weight is 202 g/mol. The van der Waals surface area contributed by atoms with Crippen molar-refractivity contribution in [3.63, 3.8) is 0 Å². The Morgan fingerprint density at radius 2 is 2.13 bits per heavy atom. The molecule has 1 nitrogen and oxygen atoms in total. The second-order valence-corrected chi connectivity index (χ2v) is 4.43. The van der Waals surface area contributed by atoms with Crippen molar-refractivity contribution in [2.75, 3.05) is 0 Å². The standard InChI is InChI=1S/C14H18O/c1-2-5-13(15)9-8-12-10-11-6-3-4-7-14(11)12/h3-4,6-7,12H,2,5,8-10H2,1H3. The third kappa shape index (κ3) is 2.28. The van der Waals surface area contributed by atoms with Crippen LogP contribution < -0.4 is 0 Å². The molecule has 0 aliphatic heterocycles. The van der Waals surface area contributed by atoms with Crippen LogP contribution >= 0.6 is 0 Å². The van der Waals surface area contributed by atoms with E-state index in [2.05, 4.69) is 31.2 Å². The number of ketones is 1. The number of benzene rings is 1. The molecule has 0 saturated carbocycles. The van der Waals surface area contributed by atoms with Gasteiger partial charge in [0.1, 0.15) is 5.78 Å². The Morgan fingerprint density at radius 3 is 2.87 bits per heavy atom. The molecule has 15 heavy (non-hydrogen) atoms. The Bertz CT molecular complexity index is 354. The smallest absolute Gasteiger partial charge is 0.132 e. The Hall–Kier alpha value is -1.11. The summed E-state index contributed by atoms with van der Waals surface area (Å²) in [5, 5.41) is 0. The van der Waals surface area contributed by atoms with Crippen molar-refractivity contribution in [1.29, 1.82) is 0 Å². The van der Waals surface area contributed by atoms with Crippen LogP contribution in [-0.4, -0.2) is 5.78 Å². The molecule has 0 radical (unpaired) electrons. The highest BCUT2D eigenvalue weighted by Gasteiger charge is 2.25. The SMILES string of the molecule is CCCC(=O)CCC1Cc2ccccc21. The molecule has 1 unspecified atom stereocenters. The molecule has 2 rings (SSSR count). The zero-order valence-electron chi connectivity index (χ0n) is 9.33. The second kappa shape index (κ2) is 4.61. The first kappa shape index (κ1) is 10.4. The van der Waals surface area contributed by atoms with Crippen LogP contribution in [0.4, 0.5) is 0 Å². The van der Waals surface area contributed by atoms with Crippen molar-refractivity contribution < 1.29 is 4.79 Å². The van der Waals surface area contributed by atoms with Crippen molar-refractivity contribution >= 4 is 5.78 Å². The van der Waals surface area contributed by atoms with E-state index in [1.54, 1.807) is 0 Å². The molecule has 0 N–H and O–H groups in total. The van der Waals surface area contributed by atoms with Gasteiger partial charge in [0.05, 0.1) is 0 Å². The minimum atomic E-state index is 0.432. The molecule has 1 aromatic rings. The summed E-state index contributed by atoms with van der Waals surface area (Å²) >= 11 is 0. The monoisotopic (exact) mass is 202 g/mol. The van der Waals surface area contributed by atoms with Gasteiger partial charge in [-0.2, -0.15) is 0 Å². The maximum atomic E-state index is 11.4. The molecule has 0 bridgehead atoms. The molecular weight excluding hydrogens is 184 g/mol. The summed E-state index contributed by atoms with van der Waals surface area (Å²) in [6.07, 6.45) is 4.74. The van der Waals surface area contributed by atoms with Crippen LogP contribution in [0.15, 0.2) is 24.3 Å². The lowest BCUT2D eigenvalue weighted by atomic mass is 9.75. The largest absolute Gasteiger partial charge is 0.300 e. The Kier molecular flexibility index (Phi) is 3.20. The lowest BCUT2D eigenvalue weighted by Gasteiger charge is -2.29. The van der Waals surface area contributed by atoms with E-state index in [1.807, 2.05) is 0 Å². The highest BCUT2D eigenvalue weighted by molar-refractivity contribution is 5.78. The number of hydrogen-bond acceptors (Lipinski definition) is 1. The molecule has 0 amide bonds. The molecule has 1 aliphatic carbocycles. The summed E-state index contributed by atoms with van der Waals surface area (Å²) in [6.45, 7) is 2.07. The number of fused-ring (bicyclic) bond motifs is 1. The summed E-state index contributed by atoms with van der Waals surface area (Å²) in [6, 6.07) is 8.59. The van der Waals surface area contributed by atoms with Crippen molar-refractivity contribution in [2.45, 2.75) is 44.9 Å². The van der Waals surface area contributed by atoms with E-state index in [-0.39, 0.29) is 0 Å². The van der Waals surface area contributed by atoms with Crippen molar-refractivity contribution in [3.8, 4) is 0 Å². The van der Waals surface area contributed by atoms with E-state index >= 15 is 0 Å². The first-order valence-electron chi connectivity index (χ1n) is 5.90. The molecule has 0 fully saturated rings. The molecule has 0 heterocycles. The first-order chi connectivity index (χ1) is 7.31. The molecule has 1 atom stereocenters. The average Bonchev–Trinajstić information content (AvgIpc) is 2.20. The summed E-state index contributed by atoms with van der Waals surface area (Å²) in [4.78, 5) is 11.4. The van der Waals surface area contributed by atoms with E-state index < -0.39 is 0 Å². The van der Waals surface area contributed by atoms with Crippen LogP contribution in [0.3, 0.4) is 0 Å². The lowest BCUT2D eigenvalue weighted by Crippen LogP contribution is -2.17. The molecule has 80 valence electrons. The minimum Gasteiger partial charge on any atom is -0.300 e. The third-order valence-electron chi connectivity index (χ3n) is 3.26. The van der Waals surface area contributed by atoms with Crippen LogP contribution in [0.1, 0.15) is 49.7 Å². The highest BCUT2D eigenvalue weighted by atomic mass is 16.1. The van der Waals surface area contributed by atoms with Crippen LogP contribution in [0.2, 0.25) is 0 Å². The normalized spacial score (nSPS) is 18.1. The van der Waals surface area contributed by atoms with E-state index in [9.17, 15) is 4.79 Å². The summed E-state index contributed by atoms with van der Waals surface area (Å²) < 4.78 is 0. The molecule has 0 saturated heterocycles. The molecule has 1 aromatic carbocycles. The topological polar surface area (TPSA) is 17.1 Å². The van der Waals surface area contributed by atoms with Crippen LogP contribution in [0.5, 0.6) is 0 Å². The van der Waals surface area contributed by atoms with Gasteiger partial charge in [0, 0.05) is 12.8 Å². The van der Waals surface area contributed by atoms with E-state index in [4.69, 9.17) is 0 Å². The van der Waals surface area contributed by atoms with Gasteiger partial charge in [-0.1, -0.05) is 31.2 Å². The van der Waals surface area contributed by atoms with Crippen molar-refractivity contribution in [2.24, 2.45) is 0 Å². The zero-order chi connectivity index (χ0) is 10.7. The number of Topliss-reactive ketones (excluding diaryl/α,β-unsaturated/α-hetero) is 1. The summed E-state index contributed by atoms with van der Waals surface area (Å²) in [5.74, 6) is 1.09. The Morgan fingerprint density at radius 1 is 1.33 bits per heavy atom. The second-order valence-electron chi connectivity index (χ2n) is 4.43. The number of hydrogen-bond donors (Lipinski definition) is 0. The number of rotatable bonds is 5. The van der Waals surface area contributed by atoms with Crippen LogP contribution in [0.25, 0.3) is 0 Å². The van der Waals surface area contributed by atoms with Gasteiger partial charge < -0.3 is 0 Å². The predicted octanol–water partition coefficient (Wildman–Crippen LogP) is 3.48. The quantitative estimate of drug-likeness (QED) is 0.714.